The molecule has 0 saturated carbocycles. The molecule has 0 radical (unpaired) electrons. The molecule has 0 spiro atoms. The molecule has 4 nitrogen and oxygen atoms in total. The molecule has 0 heterocycles. The first kappa shape index (κ1) is 12.0. The van der Waals surface area contributed by atoms with E-state index in [1.165, 1.54) is 5.56 Å². The first-order valence-electron chi connectivity index (χ1n) is 4.55. The zero-order valence-electron chi connectivity index (χ0n) is 8.51. The number of ether oxygens (including phenoxy) is 1. The zero-order valence-corrected chi connectivity index (χ0v) is 10.2. The molecule has 1 aromatic rings. The maximum atomic E-state index is 10.1. The van der Waals surface area contributed by atoms with E-state index < -0.39 is 0 Å². The van der Waals surface area contributed by atoms with Crippen molar-refractivity contribution < 1.29 is 9.66 Å². The second kappa shape index (κ2) is 6.43. The molecular weight excluding hydrogens is 261 g/mol. The Hall–Kier alpha value is -1.06. The Kier molecular flexibility index (Phi) is 5.15. The molecule has 1 aromatic carbocycles. The van der Waals surface area contributed by atoms with Gasteiger partial charge in [0.1, 0.15) is 0 Å². The van der Waals surface area contributed by atoms with Crippen LogP contribution in [0, 0.1) is 10.1 Å². The number of nitrogens with zero attached hydrogens (tertiary/aromatic N) is 1. The molecule has 0 saturated heterocycles. The summed E-state index contributed by atoms with van der Waals surface area (Å²) in [7, 11) is 1.63. The summed E-state index contributed by atoms with van der Waals surface area (Å²) in [5.74, 6) is 0.844. The number of benzene rings is 1. The summed E-state index contributed by atoms with van der Waals surface area (Å²) in [6.45, 7) is 0.0934. The molecule has 0 unspecified atom stereocenters. The second-order valence-corrected chi connectivity index (χ2v) is 5.28. The third kappa shape index (κ3) is 4.81. The van der Waals surface area contributed by atoms with E-state index in [2.05, 4.69) is 0 Å². The average molecular weight is 274 g/mol. The van der Waals surface area contributed by atoms with Crippen molar-refractivity contribution in [3.63, 3.8) is 0 Å². The van der Waals surface area contributed by atoms with Crippen LogP contribution in [0.25, 0.3) is 0 Å². The molecule has 0 aliphatic heterocycles. The fourth-order valence-corrected chi connectivity index (χ4v) is 2.84. The van der Waals surface area contributed by atoms with Crippen LogP contribution in [-0.2, 0) is 5.32 Å². The van der Waals surface area contributed by atoms with E-state index in [1.807, 2.05) is 24.3 Å². The first-order chi connectivity index (χ1) is 7.22. The van der Waals surface area contributed by atoms with Gasteiger partial charge in [-0.05, 0) is 0 Å². The van der Waals surface area contributed by atoms with E-state index >= 15 is 0 Å². The molecule has 0 aliphatic rings. The summed E-state index contributed by atoms with van der Waals surface area (Å²) < 4.78 is 5.04. The van der Waals surface area contributed by atoms with Gasteiger partial charge in [-0.2, -0.15) is 0 Å². The summed E-state index contributed by atoms with van der Waals surface area (Å²) in [4.78, 5) is 9.84. The molecule has 82 valence electrons. The van der Waals surface area contributed by atoms with Crippen molar-refractivity contribution in [2.24, 2.45) is 0 Å². The summed E-state index contributed by atoms with van der Waals surface area (Å²) >= 11 is 0.321. The number of rotatable bonds is 6. The Balaban J connectivity index is 2.28. The fourth-order valence-electron chi connectivity index (χ4n) is 1.05. The fraction of sp³-hybridized carbons (Fsp3) is 0.400. The van der Waals surface area contributed by atoms with Gasteiger partial charge in [0, 0.05) is 0 Å². The van der Waals surface area contributed by atoms with Crippen LogP contribution in [0.5, 0.6) is 5.75 Å². The molecule has 0 atom stereocenters. The third-order valence-corrected chi connectivity index (χ3v) is 3.96. The topological polar surface area (TPSA) is 52.4 Å². The van der Waals surface area contributed by atoms with Crippen LogP contribution in [0.4, 0.5) is 0 Å². The van der Waals surface area contributed by atoms with Gasteiger partial charge < -0.3 is 0 Å². The van der Waals surface area contributed by atoms with E-state index in [0.29, 0.717) is 20.3 Å². The van der Waals surface area contributed by atoms with Gasteiger partial charge in [-0.15, -0.1) is 0 Å². The van der Waals surface area contributed by atoms with Crippen molar-refractivity contribution in [1.82, 2.24) is 0 Å². The summed E-state index contributed by atoms with van der Waals surface area (Å²) in [5.41, 5.74) is 1.22. The third-order valence-electron chi connectivity index (χ3n) is 1.85. The average Bonchev–Trinajstić information content (AvgIpc) is 2.25. The molecular formula is C10H13NO3Se. The van der Waals surface area contributed by atoms with Crippen molar-refractivity contribution in [1.29, 1.82) is 0 Å². The van der Waals surface area contributed by atoms with E-state index in [4.69, 9.17) is 4.74 Å². The standard InChI is InChI=1S/C10H13NO3Se/c1-14-10-4-2-9(3-5-10)8-15-7-6-11(12)13/h2-5H,6-8H2,1H3. The zero-order chi connectivity index (χ0) is 11.1. The van der Waals surface area contributed by atoms with E-state index in [-0.39, 0.29) is 11.5 Å². The van der Waals surface area contributed by atoms with Crippen molar-refractivity contribution in [2.75, 3.05) is 13.7 Å². The Bertz CT molecular complexity index is 313. The number of hydrogen-bond donors (Lipinski definition) is 0. The van der Waals surface area contributed by atoms with Gasteiger partial charge >= 0.3 is 94.6 Å². The summed E-state index contributed by atoms with van der Waals surface area (Å²) in [6, 6.07) is 7.84. The van der Waals surface area contributed by atoms with E-state index in [9.17, 15) is 10.1 Å². The molecule has 0 fully saturated rings. The van der Waals surface area contributed by atoms with Crippen LogP contribution in [0.3, 0.4) is 0 Å². The molecule has 0 aromatic heterocycles. The van der Waals surface area contributed by atoms with Gasteiger partial charge in [-0.25, -0.2) is 0 Å². The van der Waals surface area contributed by atoms with Gasteiger partial charge in [0.25, 0.3) is 0 Å². The minimum absolute atomic E-state index is 0.0934. The predicted octanol–water partition coefficient (Wildman–Crippen LogP) is 1.59. The van der Waals surface area contributed by atoms with Crippen molar-refractivity contribution >= 4 is 15.0 Å². The SMILES string of the molecule is COc1ccc(C[Se]CC[N+](=O)[O-])cc1. The van der Waals surface area contributed by atoms with Crippen LogP contribution in [0.2, 0.25) is 5.32 Å². The predicted molar refractivity (Wildman–Crippen MR) is 59.1 cm³/mol. The summed E-state index contributed by atoms with van der Waals surface area (Å²) in [6.07, 6.45) is 0. The van der Waals surface area contributed by atoms with Gasteiger partial charge in [0.05, 0.1) is 0 Å². The van der Waals surface area contributed by atoms with Crippen molar-refractivity contribution in [3.8, 4) is 5.75 Å². The quantitative estimate of drug-likeness (QED) is 0.342. The molecule has 1 rings (SSSR count). The molecule has 0 N–H and O–H groups in total. The van der Waals surface area contributed by atoms with Crippen LogP contribution in [-0.4, -0.2) is 33.5 Å². The van der Waals surface area contributed by atoms with Crippen molar-refractivity contribution in [2.45, 2.75) is 10.6 Å². The Morgan fingerprint density at radius 2 is 2.07 bits per heavy atom. The van der Waals surface area contributed by atoms with Crippen molar-refractivity contribution in [3.05, 3.63) is 39.9 Å². The minimum atomic E-state index is -0.254. The summed E-state index contributed by atoms with van der Waals surface area (Å²) in [5, 5.41) is 11.7. The monoisotopic (exact) mass is 275 g/mol. The van der Waals surface area contributed by atoms with Crippen LogP contribution in [0.1, 0.15) is 5.56 Å². The normalized spacial score (nSPS) is 9.93. The van der Waals surface area contributed by atoms with Gasteiger partial charge in [0.15, 0.2) is 0 Å². The Morgan fingerprint density at radius 3 is 2.60 bits per heavy atom. The van der Waals surface area contributed by atoms with Crippen LogP contribution < -0.4 is 4.74 Å². The van der Waals surface area contributed by atoms with E-state index in [1.54, 1.807) is 7.11 Å². The Labute approximate surface area is 94.9 Å². The Morgan fingerprint density at radius 1 is 1.40 bits per heavy atom. The maximum absolute atomic E-state index is 10.1. The number of methoxy groups -OCH3 is 1. The molecule has 0 amide bonds. The number of hydrogen-bond acceptors (Lipinski definition) is 3. The molecule has 5 heteroatoms. The van der Waals surface area contributed by atoms with E-state index in [0.717, 1.165) is 11.1 Å². The van der Waals surface area contributed by atoms with Crippen LogP contribution >= 0.6 is 0 Å². The second-order valence-electron chi connectivity index (χ2n) is 2.96. The van der Waals surface area contributed by atoms with Gasteiger partial charge in [-0.1, -0.05) is 0 Å². The first-order valence-corrected chi connectivity index (χ1v) is 6.97. The molecule has 0 bridgehead atoms. The number of nitro groups is 1. The van der Waals surface area contributed by atoms with Gasteiger partial charge in [-0.3, -0.25) is 0 Å². The van der Waals surface area contributed by atoms with Crippen LogP contribution in [0.15, 0.2) is 24.3 Å². The van der Waals surface area contributed by atoms with Gasteiger partial charge in [0.2, 0.25) is 0 Å². The molecule has 15 heavy (non-hydrogen) atoms. The molecule has 0 aliphatic carbocycles.